The third kappa shape index (κ3) is 6.25. The fraction of sp³-hybridized carbons (Fsp3) is 0.519. The zero-order valence-corrected chi connectivity index (χ0v) is 20.5. The first-order valence-corrected chi connectivity index (χ1v) is 11.5. The van der Waals surface area contributed by atoms with Crippen LogP contribution in [-0.2, 0) is 11.3 Å². The molecule has 1 N–H and O–H groups in total. The zero-order valence-electron chi connectivity index (χ0n) is 20.5. The summed E-state index contributed by atoms with van der Waals surface area (Å²) in [6.07, 6.45) is 1.15. The van der Waals surface area contributed by atoms with Crippen LogP contribution in [0.25, 0.3) is 0 Å². The molecule has 6 heteroatoms. The summed E-state index contributed by atoms with van der Waals surface area (Å²) in [5.74, 6) is -0.123. The molecule has 33 heavy (non-hydrogen) atoms. The van der Waals surface area contributed by atoms with Crippen LogP contribution in [0.2, 0.25) is 0 Å². The van der Waals surface area contributed by atoms with Gasteiger partial charge in [0.1, 0.15) is 0 Å². The van der Waals surface area contributed by atoms with Gasteiger partial charge in [0.25, 0.3) is 0 Å². The standard InChI is InChI=1S/C27H36FN3O2/c1-26(2,15-23-17-30-12-13-33-23)27(3,4)19-31(22-9-6-20(16-29)7-10-22)18-21-8-11-25(32-5)24(28)14-21/h6-11,14,23,30H,12-13,15,17-19H2,1-5H3. The summed E-state index contributed by atoms with van der Waals surface area (Å²) >= 11 is 0. The number of morpholine rings is 1. The van der Waals surface area contributed by atoms with Crippen molar-refractivity contribution >= 4 is 5.69 Å². The largest absolute Gasteiger partial charge is 0.494 e. The van der Waals surface area contributed by atoms with Gasteiger partial charge in [-0.15, -0.1) is 0 Å². The molecule has 1 aliphatic rings. The van der Waals surface area contributed by atoms with E-state index in [0.29, 0.717) is 12.1 Å². The molecule has 1 unspecified atom stereocenters. The van der Waals surface area contributed by atoms with Crippen molar-refractivity contribution in [3.63, 3.8) is 0 Å². The number of nitriles is 1. The third-order valence-electron chi connectivity index (χ3n) is 7.11. The normalized spacial score (nSPS) is 16.8. The van der Waals surface area contributed by atoms with E-state index in [1.807, 2.05) is 30.3 Å². The summed E-state index contributed by atoms with van der Waals surface area (Å²) in [7, 11) is 1.47. The highest BCUT2D eigenvalue weighted by Crippen LogP contribution is 2.44. The van der Waals surface area contributed by atoms with Crippen molar-refractivity contribution in [1.29, 1.82) is 5.26 Å². The maximum Gasteiger partial charge on any atom is 0.165 e. The molecule has 0 spiro atoms. The van der Waals surface area contributed by atoms with Gasteiger partial charge in [-0.25, -0.2) is 4.39 Å². The molecular weight excluding hydrogens is 417 g/mol. The molecule has 178 valence electrons. The molecule has 2 aromatic carbocycles. The van der Waals surface area contributed by atoms with E-state index in [1.54, 1.807) is 6.07 Å². The Morgan fingerprint density at radius 3 is 2.45 bits per heavy atom. The molecule has 2 aromatic rings. The van der Waals surface area contributed by atoms with Gasteiger partial charge in [0.05, 0.1) is 31.5 Å². The van der Waals surface area contributed by atoms with E-state index in [0.717, 1.165) is 43.9 Å². The van der Waals surface area contributed by atoms with Crippen LogP contribution in [0.3, 0.4) is 0 Å². The van der Waals surface area contributed by atoms with Crippen LogP contribution in [0.15, 0.2) is 42.5 Å². The van der Waals surface area contributed by atoms with Crippen molar-refractivity contribution < 1.29 is 13.9 Å². The fourth-order valence-corrected chi connectivity index (χ4v) is 4.30. The van der Waals surface area contributed by atoms with Gasteiger partial charge in [0, 0.05) is 31.9 Å². The lowest BCUT2D eigenvalue weighted by Gasteiger charge is -2.47. The van der Waals surface area contributed by atoms with Crippen molar-refractivity contribution in [3.8, 4) is 11.8 Å². The van der Waals surface area contributed by atoms with Crippen molar-refractivity contribution in [2.45, 2.75) is 46.8 Å². The molecule has 3 rings (SSSR count). The van der Waals surface area contributed by atoms with Gasteiger partial charge in [-0.3, -0.25) is 0 Å². The van der Waals surface area contributed by atoms with Crippen LogP contribution < -0.4 is 15.0 Å². The zero-order chi connectivity index (χ0) is 24.1. The highest BCUT2D eigenvalue weighted by molar-refractivity contribution is 5.50. The Kier molecular flexibility index (Phi) is 7.99. The van der Waals surface area contributed by atoms with E-state index in [1.165, 1.54) is 13.2 Å². The minimum absolute atomic E-state index is 0.00725. The molecule has 1 atom stereocenters. The topological polar surface area (TPSA) is 57.5 Å². The monoisotopic (exact) mass is 453 g/mol. The Labute approximate surface area is 197 Å². The molecule has 0 bridgehead atoms. The van der Waals surface area contributed by atoms with Crippen molar-refractivity contribution in [2.75, 3.05) is 38.3 Å². The predicted molar refractivity (Wildman–Crippen MR) is 130 cm³/mol. The minimum atomic E-state index is -0.365. The summed E-state index contributed by atoms with van der Waals surface area (Å²) in [6, 6.07) is 14.9. The van der Waals surface area contributed by atoms with Gasteiger partial charge in [-0.05, 0) is 59.2 Å². The number of nitrogens with zero attached hydrogens (tertiary/aromatic N) is 2. The summed E-state index contributed by atoms with van der Waals surface area (Å²) in [6.45, 7) is 13.0. The first kappa shape index (κ1) is 25.0. The van der Waals surface area contributed by atoms with Crippen molar-refractivity contribution in [2.24, 2.45) is 10.8 Å². The first-order valence-electron chi connectivity index (χ1n) is 11.5. The minimum Gasteiger partial charge on any atom is -0.494 e. The van der Waals surface area contributed by atoms with E-state index in [-0.39, 0.29) is 28.5 Å². The number of methoxy groups -OCH3 is 1. The maximum atomic E-state index is 14.4. The second kappa shape index (κ2) is 10.5. The molecule has 0 aromatic heterocycles. The van der Waals surface area contributed by atoms with Gasteiger partial charge in [0.15, 0.2) is 11.6 Å². The number of anilines is 1. The molecule has 0 saturated carbocycles. The molecule has 0 amide bonds. The Morgan fingerprint density at radius 1 is 1.15 bits per heavy atom. The lowest BCUT2D eigenvalue weighted by Crippen LogP contribution is -2.47. The van der Waals surface area contributed by atoms with E-state index in [9.17, 15) is 9.65 Å². The second-order valence-corrected chi connectivity index (χ2v) is 10.2. The molecule has 1 saturated heterocycles. The average Bonchev–Trinajstić information content (AvgIpc) is 2.79. The molecule has 5 nitrogen and oxygen atoms in total. The van der Waals surface area contributed by atoms with Crippen LogP contribution in [0.5, 0.6) is 5.75 Å². The van der Waals surface area contributed by atoms with Gasteiger partial charge in [0.2, 0.25) is 0 Å². The lowest BCUT2D eigenvalue weighted by molar-refractivity contribution is -0.0256. The van der Waals surface area contributed by atoms with Gasteiger partial charge < -0.3 is 19.7 Å². The highest BCUT2D eigenvalue weighted by Gasteiger charge is 2.40. The average molecular weight is 454 g/mol. The van der Waals surface area contributed by atoms with Crippen LogP contribution in [0.4, 0.5) is 10.1 Å². The Hall–Kier alpha value is -2.62. The predicted octanol–water partition coefficient (Wildman–Crippen LogP) is 5.14. The van der Waals surface area contributed by atoms with Crippen molar-refractivity contribution in [3.05, 3.63) is 59.4 Å². The molecule has 1 heterocycles. The van der Waals surface area contributed by atoms with Gasteiger partial charge >= 0.3 is 0 Å². The molecule has 1 aliphatic heterocycles. The number of rotatable bonds is 9. The highest BCUT2D eigenvalue weighted by atomic mass is 19.1. The van der Waals surface area contributed by atoms with E-state index in [4.69, 9.17) is 9.47 Å². The van der Waals surface area contributed by atoms with Crippen LogP contribution in [0, 0.1) is 28.0 Å². The first-order chi connectivity index (χ1) is 15.6. The molecule has 1 fully saturated rings. The van der Waals surface area contributed by atoms with Crippen LogP contribution in [0.1, 0.15) is 45.2 Å². The number of halogens is 1. The van der Waals surface area contributed by atoms with Crippen molar-refractivity contribution in [1.82, 2.24) is 5.32 Å². The van der Waals surface area contributed by atoms with Gasteiger partial charge in [-0.2, -0.15) is 5.26 Å². The smallest absolute Gasteiger partial charge is 0.165 e. The third-order valence-corrected chi connectivity index (χ3v) is 7.11. The fourth-order valence-electron chi connectivity index (χ4n) is 4.30. The summed E-state index contributed by atoms with van der Waals surface area (Å²) < 4.78 is 25.5. The molecular formula is C27H36FN3O2. The van der Waals surface area contributed by atoms with E-state index >= 15 is 0 Å². The quantitative estimate of drug-likeness (QED) is 0.569. The molecule has 0 radical (unpaired) electrons. The Bertz CT molecular complexity index is 960. The second-order valence-electron chi connectivity index (χ2n) is 10.2. The van der Waals surface area contributed by atoms with Crippen LogP contribution in [-0.4, -0.2) is 39.5 Å². The summed E-state index contributed by atoms with van der Waals surface area (Å²) in [5, 5.41) is 12.6. The maximum absolute atomic E-state index is 14.4. The summed E-state index contributed by atoms with van der Waals surface area (Å²) in [4.78, 5) is 2.27. The number of ether oxygens (including phenoxy) is 2. The number of benzene rings is 2. The Balaban J connectivity index is 1.85. The lowest BCUT2D eigenvalue weighted by atomic mass is 9.64. The number of hydrogen-bond acceptors (Lipinski definition) is 5. The SMILES string of the molecule is COc1ccc(CN(CC(C)(C)C(C)(C)CC2CNCCO2)c2ccc(C#N)cc2)cc1F. The van der Waals surface area contributed by atoms with E-state index in [2.05, 4.69) is 44.0 Å². The number of hydrogen-bond donors (Lipinski definition) is 1. The number of nitrogens with one attached hydrogen (secondary N) is 1. The van der Waals surface area contributed by atoms with Crippen LogP contribution >= 0.6 is 0 Å². The molecule has 0 aliphatic carbocycles. The van der Waals surface area contributed by atoms with E-state index < -0.39 is 0 Å². The Morgan fingerprint density at radius 2 is 1.88 bits per heavy atom. The van der Waals surface area contributed by atoms with Gasteiger partial charge in [-0.1, -0.05) is 33.8 Å². The summed E-state index contributed by atoms with van der Waals surface area (Å²) in [5.41, 5.74) is 2.41.